The first-order valence-corrected chi connectivity index (χ1v) is 8.65. The molecule has 0 fully saturated rings. The van der Waals surface area contributed by atoms with Gasteiger partial charge in [0.2, 0.25) is 5.56 Å². The largest absolute Gasteiger partial charge is 0.506 e. The van der Waals surface area contributed by atoms with Crippen molar-refractivity contribution in [2.45, 2.75) is 52.6 Å². The lowest BCUT2D eigenvalue weighted by Gasteiger charge is -2.30. The van der Waals surface area contributed by atoms with Gasteiger partial charge in [0.1, 0.15) is 17.1 Å². The lowest BCUT2D eigenvalue weighted by Crippen LogP contribution is -2.28. The maximum absolute atomic E-state index is 12.5. The van der Waals surface area contributed by atoms with Crippen LogP contribution in [-0.4, -0.2) is 21.5 Å². The number of rotatable bonds is 4. The second kappa shape index (κ2) is 6.06. The van der Waals surface area contributed by atoms with Crippen molar-refractivity contribution >= 4 is 22.8 Å². The molecule has 0 saturated heterocycles. The number of fused-ring (bicyclic) bond motifs is 3. The molecule has 0 aliphatic carbocycles. The van der Waals surface area contributed by atoms with Crippen molar-refractivity contribution in [1.82, 2.24) is 4.98 Å². The quantitative estimate of drug-likeness (QED) is 0.825. The number of ketones is 1. The lowest BCUT2D eigenvalue weighted by atomic mass is 9.91. The molecule has 3 rings (SSSR count). The molecular weight excluding hydrogens is 318 g/mol. The van der Waals surface area contributed by atoms with Gasteiger partial charge in [-0.05, 0) is 38.0 Å². The highest BCUT2D eigenvalue weighted by Gasteiger charge is 2.30. The number of aromatic amines is 1. The third kappa shape index (κ3) is 2.84. The fourth-order valence-corrected chi connectivity index (χ4v) is 3.31. The van der Waals surface area contributed by atoms with Crippen molar-refractivity contribution in [2.24, 2.45) is 0 Å². The molecule has 1 aliphatic rings. The molecule has 0 saturated carbocycles. The van der Waals surface area contributed by atoms with Gasteiger partial charge in [-0.15, -0.1) is 0 Å². The fraction of sp³-hybridized carbons (Fsp3) is 0.400. The smallest absolute Gasteiger partial charge is 0.248 e. The van der Waals surface area contributed by atoms with Crippen LogP contribution < -0.4 is 10.3 Å². The number of pyridine rings is 1. The first-order valence-electron chi connectivity index (χ1n) is 8.65. The summed E-state index contributed by atoms with van der Waals surface area (Å²) in [4.78, 5) is 27.4. The molecule has 0 unspecified atom stereocenters. The molecule has 2 heterocycles. The summed E-state index contributed by atoms with van der Waals surface area (Å²) in [7, 11) is 0. The average Bonchev–Trinajstić information content (AvgIpc) is 2.53. The van der Waals surface area contributed by atoms with Crippen LogP contribution in [0, 0.1) is 0 Å². The zero-order chi connectivity index (χ0) is 18.4. The predicted molar refractivity (Wildman–Crippen MR) is 98.6 cm³/mol. The highest BCUT2D eigenvalue weighted by molar-refractivity contribution is 6.13. The van der Waals surface area contributed by atoms with E-state index in [-0.39, 0.29) is 29.1 Å². The number of hydrogen-bond acceptors (Lipinski definition) is 4. The fourth-order valence-electron chi connectivity index (χ4n) is 3.31. The van der Waals surface area contributed by atoms with Crippen molar-refractivity contribution in [2.75, 3.05) is 0 Å². The highest BCUT2D eigenvalue weighted by atomic mass is 16.5. The summed E-state index contributed by atoms with van der Waals surface area (Å²) in [5, 5.41) is 11.5. The Balaban J connectivity index is 2.52. The number of nitrogens with one attached hydrogen (secondary N) is 1. The Bertz CT molecular complexity index is 951. The maximum atomic E-state index is 12.5. The zero-order valence-electron chi connectivity index (χ0n) is 15.0. The van der Waals surface area contributed by atoms with Gasteiger partial charge in [-0.25, -0.2) is 0 Å². The predicted octanol–water partition coefficient (Wildman–Crippen LogP) is 3.96. The van der Waals surface area contributed by atoms with Crippen LogP contribution in [0.3, 0.4) is 0 Å². The number of ether oxygens (including phenoxy) is 1. The summed E-state index contributed by atoms with van der Waals surface area (Å²) in [6.45, 7) is 7.61. The van der Waals surface area contributed by atoms with E-state index in [9.17, 15) is 14.7 Å². The van der Waals surface area contributed by atoms with Crippen LogP contribution in [0.2, 0.25) is 0 Å². The van der Waals surface area contributed by atoms with Gasteiger partial charge in [0.15, 0.2) is 5.78 Å². The van der Waals surface area contributed by atoms with E-state index in [1.807, 2.05) is 26.8 Å². The average molecular weight is 341 g/mol. The minimum atomic E-state index is -0.539. The van der Waals surface area contributed by atoms with Crippen LogP contribution in [0.15, 0.2) is 16.9 Å². The lowest BCUT2D eigenvalue weighted by molar-refractivity contribution is 0.0987. The Labute approximate surface area is 146 Å². The summed E-state index contributed by atoms with van der Waals surface area (Å²) in [5.74, 6) is 0.172. The molecule has 0 radical (unpaired) electrons. The summed E-state index contributed by atoms with van der Waals surface area (Å²) >= 11 is 0. The van der Waals surface area contributed by atoms with Crippen LogP contribution >= 0.6 is 0 Å². The number of aryl methyl sites for hydroxylation is 1. The van der Waals surface area contributed by atoms with Gasteiger partial charge in [-0.2, -0.15) is 0 Å². The molecule has 0 amide bonds. The number of phenols is 1. The molecule has 1 aromatic heterocycles. The van der Waals surface area contributed by atoms with Gasteiger partial charge in [-0.1, -0.05) is 20.3 Å². The molecule has 132 valence electrons. The van der Waals surface area contributed by atoms with Gasteiger partial charge in [0, 0.05) is 17.9 Å². The Morgan fingerprint density at radius 2 is 2.04 bits per heavy atom. The van der Waals surface area contributed by atoms with Crippen LogP contribution in [0.1, 0.15) is 62.0 Å². The summed E-state index contributed by atoms with van der Waals surface area (Å²) in [6.07, 6.45) is 5.42. The third-order valence-electron chi connectivity index (χ3n) is 4.47. The Hall–Kier alpha value is -2.56. The van der Waals surface area contributed by atoms with Gasteiger partial charge in [0.05, 0.1) is 16.6 Å². The molecule has 1 aliphatic heterocycles. The van der Waals surface area contributed by atoms with E-state index >= 15 is 0 Å². The van der Waals surface area contributed by atoms with Gasteiger partial charge >= 0.3 is 0 Å². The molecule has 2 N–H and O–H groups in total. The molecule has 0 spiro atoms. The summed E-state index contributed by atoms with van der Waals surface area (Å²) in [5.41, 5.74) is 1.03. The molecule has 5 nitrogen and oxygen atoms in total. The van der Waals surface area contributed by atoms with Crippen LogP contribution in [0.5, 0.6) is 11.5 Å². The summed E-state index contributed by atoms with van der Waals surface area (Å²) in [6, 6.07) is 1.55. The second-order valence-corrected chi connectivity index (χ2v) is 6.94. The van der Waals surface area contributed by atoms with E-state index in [0.717, 1.165) is 12.0 Å². The van der Waals surface area contributed by atoms with Gasteiger partial charge in [-0.3, -0.25) is 9.59 Å². The number of carbonyl (C=O) groups excluding carboxylic acids is 1. The standard InChI is InChI=1S/C20H23NO4/c1-5-7-11-10-14(23)21-17-15(11)19-12(8-9-20(3,4)25-19)18(24)16(17)13(22)6-2/h8-10,24H,5-7H2,1-4H3,(H,21,23). The number of aromatic nitrogens is 1. The van der Waals surface area contributed by atoms with Crippen LogP contribution in [0.4, 0.5) is 0 Å². The van der Waals surface area contributed by atoms with Crippen molar-refractivity contribution in [3.8, 4) is 11.5 Å². The van der Waals surface area contributed by atoms with E-state index in [1.165, 1.54) is 0 Å². The maximum Gasteiger partial charge on any atom is 0.248 e. The number of hydrogen-bond donors (Lipinski definition) is 2. The molecular formula is C20H23NO4. The normalized spacial score (nSPS) is 15.0. The topological polar surface area (TPSA) is 79.4 Å². The van der Waals surface area contributed by atoms with E-state index < -0.39 is 5.60 Å². The molecule has 25 heavy (non-hydrogen) atoms. The zero-order valence-corrected chi connectivity index (χ0v) is 15.0. The Morgan fingerprint density at radius 1 is 1.32 bits per heavy atom. The number of carbonyl (C=O) groups is 1. The molecule has 2 aromatic rings. The van der Waals surface area contributed by atoms with Crippen molar-refractivity contribution in [3.63, 3.8) is 0 Å². The SMILES string of the molecule is CCCc1cc(=O)[nH]c2c(C(=O)CC)c(O)c3c(c12)OC(C)(C)C=C3. The number of benzene rings is 1. The van der Waals surface area contributed by atoms with Crippen molar-refractivity contribution in [1.29, 1.82) is 0 Å². The molecule has 0 atom stereocenters. The van der Waals surface area contributed by atoms with E-state index in [1.54, 1.807) is 19.1 Å². The number of aromatic hydroxyl groups is 1. The van der Waals surface area contributed by atoms with Crippen molar-refractivity contribution in [3.05, 3.63) is 39.2 Å². The van der Waals surface area contributed by atoms with E-state index in [0.29, 0.717) is 28.6 Å². The van der Waals surface area contributed by atoms with Crippen LogP contribution in [0.25, 0.3) is 17.0 Å². The van der Waals surface area contributed by atoms with Gasteiger partial charge in [0.25, 0.3) is 0 Å². The van der Waals surface area contributed by atoms with E-state index in [4.69, 9.17) is 4.74 Å². The Morgan fingerprint density at radius 3 is 2.68 bits per heavy atom. The monoisotopic (exact) mass is 341 g/mol. The number of H-pyrrole nitrogens is 1. The molecule has 5 heteroatoms. The molecule has 1 aromatic carbocycles. The minimum Gasteiger partial charge on any atom is -0.506 e. The first kappa shape index (κ1) is 17.3. The van der Waals surface area contributed by atoms with Gasteiger partial charge < -0.3 is 14.8 Å². The van der Waals surface area contributed by atoms with E-state index in [2.05, 4.69) is 4.98 Å². The Kier molecular flexibility index (Phi) is 4.19. The minimum absolute atomic E-state index is 0.134. The van der Waals surface area contributed by atoms with Crippen LogP contribution in [-0.2, 0) is 6.42 Å². The first-order chi connectivity index (χ1) is 11.8. The highest BCUT2D eigenvalue weighted by Crippen LogP contribution is 2.45. The number of phenolic OH excluding ortho intramolecular Hbond substituents is 1. The number of Topliss-reactive ketones (excluding diaryl/α,β-unsaturated/α-hetero) is 1. The third-order valence-corrected chi connectivity index (χ3v) is 4.47. The molecule has 0 bridgehead atoms. The summed E-state index contributed by atoms with van der Waals surface area (Å²) < 4.78 is 6.13. The van der Waals surface area contributed by atoms with Crippen molar-refractivity contribution < 1.29 is 14.6 Å². The second-order valence-electron chi connectivity index (χ2n) is 6.94.